The van der Waals surface area contributed by atoms with Gasteiger partial charge in [0.15, 0.2) is 0 Å². The van der Waals surface area contributed by atoms with Crippen molar-refractivity contribution in [2.45, 2.75) is 69.2 Å². The zero-order valence-corrected chi connectivity index (χ0v) is 25.6. The molecule has 11 heteroatoms. The van der Waals surface area contributed by atoms with E-state index in [9.17, 15) is 18.0 Å². The lowest BCUT2D eigenvalue weighted by Gasteiger charge is -2.52. The number of amides is 2. The van der Waals surface area contributed by atoms with Crippen molar-refractivity contribution in [3.8, 4) is 0 Å². The van der Waals surface area contributed by atoms with Gasteiger partial charge in [0, 0.05) is 42.0 Å². The van der Waals surface area contributed by atoms with Gasteiger partial charge in [0.25, 0.3) is 0 Å². The zero-order valence-electron chi connectivity index (χ0n) is 23.3. The van der Waals surface area contributed by atoms with Crippen LogP contribution in [-0.4, -0.2) is 61.4 Å². The number of likely N-dealkylation sites (tertiary alicyclic amines) is 1. The summed E-state index contributed by atoms with van der Waals surface area (Å²) in [5.41, 5.74) is 3.06. The van der Waals surface area contributed by atoms with E-state index in [0.717, 1.165) is 11.1 Å². The van der Waals surface area contributed by atoms with Gasteiger partial charge in [0.1, 0.15) is 0 Å². The van der Waals surface area contributed by atoms with E-state index >= 15 is 0 Å². The number of halogens is 2. The molecule has 4 rings (SSSR count). The number of carbonyl (C=O) groups excluding carboxylic acids is 2. The molecule has 1 saturated heterocycles. The molecule has 1 heterocycles. The summed E-state index contributed by atoms with van der Waals surface area (Å²) in [6.07, 6.45) is 2.11. The van der Waals surface area contributed by atoms with Crippen LogP contribution in [-0.2, 0) is 24.4 Å². The molecule has 0 aromatic heterocycles. The largest absolute Gasteiger partial charge is 0.330 e. The number of benzene rings is 2. The van der Waals surface area contributed by atoms with Crippen LogP contribution in [0.15, 0.2) is 48.5 Å². The molecule has 0 unspecified atom stereocenters. The van der Waals surface area contributed by atoms with Crippen LogP contribution in [0.1, 0.15) is 69.0 Å². The average molecular weight is 611 g/mol. The fraction of sp³-hybridized carbons (Fsp3) is 0.517. The summed E-state index contributed by atoms with van der Waals surface area (Å²) in [7, 11) is -0.525. The molecular weight excluding hydrogens is 573 g/mol. The first kappa shape index (κ1) is 30.8. The van der Waals surface area contributed by atoms with Crippen molar-refractivity contribution in [3.05, 3.63) is 69.7 Å². The van der Waals surface area contributed by atoms with Crippen molar-refractivity contribution in [3.63, 3.8) is 0 Å². The van der Waals surface area contributed by atoms with Crippen LogP contribution in [0.3, 0.4) is 0 Å². The van der Waals surface area contributed by atoms with E-state index < -0.39 is 33.4 Å². The summed E-state index contributed by atoms with van der Waals surface area (Å²) in [6, 6.07) is 14.0. The summed E-state index contributed by atoms with van der Waals surface area (Å²) in [4.78, 5) is 34.0. The van der Waals surface area contributed by atoms with Gasteiger partial charge in [0.05, 0.1) is 23.8 Å². The number of nitrogens with one attached hydrogen (secondary N) is 1. The lowest BCUT2D eigenvalue weighted by Crippen LogP contribution is -2.58. The Morgan fingerprint density at radius 1 is 1.15 bits per heavy atom. The van der Waals surface area contributed by atoms with Crippen LogP contribution in [0.2, 0.25) is 10.0 Å². The first-order chi connectivity index (χ1) is 18.9. The van der Waals surface area contributed by atoms with Crippen molar-refractivity contribution < 1.29 is 22.8 Å². The van der Waals surface area contributed by atoms with E-state index in [0.29, 0.717) is 35.7 Å². The quantitative estimate of drug-likeness (QED) is 0.347. The van der Waals surface area contributed by atoms with E-state index in [4.69, 9.17) is 28.0 Å². The number of carbonyl (C=O) groups is 2. The maximum atomic E-state index is 14.5. The SMILES string of the molecule is CC[C@@H](CN(C)S(=O)(=O)C1CC1)N1C(=O)[C@@](C)(CC(=O)NOC)C[C@H](c2cccc(Cl)c2)[C@H]1c1ccc(Cl)cc1. The number of sulfonamides is 1. The van der Waals surface area contributed by atoms with Crippen LogP contribution in [0.4, 0.5) is 0 Å². The van der Waals surface area contributed by atoms with Crippen LogP contribution >= 0.6 is 23.2 Å². The molecule has 1 aliphatic heterocycles. The Labute approximate surface area is 247 Å². The molecule has 8 nitrogen and oxygen atoms in total. The van der Waals surface area contributed by atoms with E-state index in [-0.39, 0.29) is 30.0 Å². The van der Waals surface area contributed by atoms with Crippen molar-refractivity contribution in [1.29, 1.82) is 0 Å². The van der Waals surface area contributed by atoms with Gasteiger partial charge in [-0.2, -0.15) is 0 Å². The molecule has 0 spiro atoms. The highest BCUT2D eigenvalue weighted by atomic mass is 35.5. The highest BCUT2D eigenvalue weighted by Crippen LogP contribution is 2.52. The maximum Gasteiger partial charge on any atom is 0.244 e. The second kappa shape index (κ2) is 12.4. The smallest absolute Gasteiger partial charge is 0.244 e. The van der Waals surface area contributed by atoms with Gasteiger partial charge < -0.3 is 4.90 Å². The van der Waals surface area contributed by atoms with E-state index in [2.05, 4.69) is 5.48 Å². The summed E-state index contributed by atoms with van der Waals surface area (Å²) in [5, 5.41) is 0.776. The van der Waals surface area contributed by atoms with Gasteiger partial charge in [-0.3, -0.25) is 14.4 Å². The maximum absolute atomic E-state index is 14.5. The van der Waals surface area contributed by atoms with Crippen LogP contribution in [0.25, 0.3) is 0 Å². The third-order valence-corrected chi connectivity index (χ3v) is 10.9. The van der Waals surface area contributed by atoms with Crippen LogP contribution < -0.4 is 5.48 Å². The van der Waals surface area contributed by atoms with Crippen molar-refractivity contribution in [2.75, 3.05) is 20.7 Å². The van der Waals surface area contributed by atoms with Gasteiger partial charge in [-0.15, -0.1) is 0 Å². The third-order valence-electron chi connectivity index (χ3n) is 8.07. The Balaban J connectivity index is 1.85. The minimum absolute atomic E-state index is 0.0901. The lowest BCUT2D eigenvalue weighted by atomic mass is 9.67. The number of hydroxylamine groups is 1. The minimum atomic E-state index is -3.46. The monoisotopic (exact) mass is 609 g/mol. The average Bonchev–Trinajstić information content (AvgIpc) is 3.76. The molecular formula is C29H37Cl2N3O5S. The minimum Gasteiger partial charge on any atom is -0.330 e. The standard InChI is InChI=1S/C29H37Cl2N3O5S/c1-5-23(18-33(3)40(37,38)24-13-14-24)34-27(19-9-11-21(30)12-10-19)25(20-7-6-8-22(31)15-20)16-29(2,28(34)36)17-26(35)32-39-4/h6-12,15,23-25,27H,5,13-14,16-18H2,1-4H3,(H,32,35)/t23-,25+,27+,29+/m0/s1. The Hall–Kier alpha value is -2.17. The molecule has 2 aliphatic rings. The third kappa shape index (κ3) is 6.49. The number of likely N-dealkylation sites (N-methyl/N-ethyl adjacent to an activating group) is 1. The van der Waals surface area contributed by atoms with Crippen LogP contribution in [0, 0.1) is 5.41 Å². The molecule has 1 N–H and O–H groups in total. The fourth-order valence-electron chi connectivity index (χ4n) is 5.89. The fourth-order valence-corrected chi connectivity index (χ4v) is 7.83. The molecule has 2 aromatic rings. The number of piperidine rings is 1. The molecule has 4 atom stereocenters. The van der Waals surface area contributed by atoms with Crippen LogP contribution in [0.5, 0.6) is 0 Å². The predicted molar refractivity (Wildman–Crippen MR) is 156 cm³/mol. The molecule has 1 aliphatic carbocycles. The molecule has 2 fully saturated rings. The number of hydrogen-bond donors (Lipinski definition) is 1. The van der Waals surface area contributed by atoms with Gasteiger partial charge in [-0.05, 0) is 61.1 Å². The first-order valence-corrected chi connectivity index (χ1v) is 15.8. The summed E-state index contributed by atoms with van der Waals surface area (Å²) in [6.45, 7) is 3.89. The number of nitrogens with zero attached hydrogens (tertiary/aromatic N) is 2. The summed E-state index contributed by atoms with van der Waals surface area (Å²) < 4.78 is 27.6. The van der Waals surface area contributed by atoms with Crippen molar-refractivity contribution in [2.24, 2.45) is 5.41 Å². The molecule has 40 heavy (non-hydrogen) atoms. The molecule has 1 saturated carbocycles. The second-order valence-electron chi connectivity index (χ2n) is 11.1. The molecule has 2 amide bonds. The highest BCUT2D eigenvalue weighted by Gasteiger charge is 2.52. The molecule has 2 aromatic carbocycles. The number of rotatable bonds is 11. The van der Waals surface area contributed by atoms with E-state index in [1.165, 1.54) is 11.4 Å². The van der Waals surface area contributed by atoms with E-state index in [1.54, 1.807) is 32.2 Å². The molecule has 218 valence electrons. The number of hydrogen-bond acceptors (Lipinski definition) is 5. The topological polar surface area (TPSA) is 96.0 Å². The second-order valence-corrected chi connectivity index (χ2v) is 14.3. The molecule has 0 bridgehead atoms. The Bertz CT molecular complexity index is 1340. The predicted octanol–water partition coefficient (Wildman–Crippen LogP) is 5.33. The Morgan fingerprint density at radius 3 is 2.40 bits per heavy atom. The zero-order chi connectivity index (χ0) is 29.2. The Morgan fingerprint density at radius 2 is 1.82 bits per heavy atom. The normalized spacial score (nSPS) is 24.3. The van der Waals surface area contributed by atoms with Crippen molar-refractivity contribution in [1.82, 2.24) is 14.7 Å². The summed E-state index contributed by atoms with van der Waals surface area (Å²) >= 11 is 12.7. The first-order valence-electron chi connectivity index (χ1n) is 13.5. The van der Waals surface area contributed by atoms with E-state index in [1.807, 2.05) is 42.2 Å². The lowest BCUT2D eigenvalue weighted by molar-refractivity contribution is -0.159. The van der Waals surface area contributed by atoms with Gasteiger partial charge in [0.2, 0.25) is 21.8 Å². The highest BCUT2D eigenvalue weighted by molar-refractivity contribution is 7.90. The summed E-state index contributed by atoms with van der Waals surface area (Å²) in [5.74, 6) is -0.854. The molecule has 0 radical (unpaired) electrons. The van der Waals surface area contributed by atoms with Gasteiger partial charge in [-0.1, -0.05) is 61.3 Å². The van der Waals surface area contributed by atoms with Crippen molar-refractivity contribution >= 4 is 45.0 Å². The van der Waals surface area contributed by atoms with Gasteiger partial charge >= 0.3 is 0 Å². The Kier molecular flexibility index (Phi) is 9.52. The van der Waals surface area contributed by atoms with Gasteiger partial charge in [-0.25, -0.2) is 18.2 Å².